The van der Waals surface area contributed by atoms with Crippen LogP contribution in [0.5, 0.6) is 0 Å². The maximum atomic E-state index is 6.34. The highest BCUT2D eigenvalue weighted by Gasteiger charge is 2.21. The van der Waals surface area contributed by atoms with Crippen LogP contribution in [0.1, 0.15) is 0 Å². The van der Waals surface area contributed by atoms with Gasteiger partial charge in [-0.05, 0) is 82.9 Å². The van der Waals surface area contributed by atoms with Gasteiger partial charge in [0.1, 0.15) is 11.2 Å². The Balaban J connectivity index is 1.11. The predicted molar refractivity (Wildman–Crippen MR) is 213 cm³/mol. The molecule has 0 bridgehead atoms. The second kappa shape index (κ2) is 10.8. The van der Waals surface area contributed by atoms with Gasteiger partial charge in [-0.15, -0.1) is 0 Å². The summed E-state index contributed by atoms with van der Waals surface area (Å²) in [5, 5.41) is 7.28. The zero-order chi connectivity index (χ0) is 33.5. The van der Waals surface area contributed by atoms with Gasteiger partial charge in [0.15, 0.2) is 0 Å². The average Bonchev–Trinajstić information content (AvgIpc) is 3.85. The number of rotatable bonds is 4. The third kappa shape index (κ3) is 4.19. The quantitative estimate of drug-likeness (QED) is 0.186. The molecule has 0 unspecified atom stereocenters. The van der Waals surface area contributed by atoms with E-state index in [4.69, 9.17) is 4.42 Å². The van der Waals surface area contributed by atoms with Gasteiger partial charge in [-0.25, -0.2) is 0 Å². The van der Waals surface area contributed by atoms with Gasteiger partial charge in [0.05, 0.1) is 22.1 Å². The number of furan rings is 1. The summed E-state index contributed by atoms with van der Waals surface area (Å²) in [4.78, 5) is 0. The van der Waals surface area contributed by atoms with Crippen molar-refractivity contribution in [2.75, 3.05) is 0 Å². The lowest BCUT2D eigenvalue weighted by Gasteiger charge is -2.11. The summed E-state index contributed by atoms with van der Waals surface area (Å²) >= 11 is 0. The minimum absolute atomic E-state index is 0.896. The first-order valence-corrected chi connectivity index (χ1v) is 17.4. The number of fused-ring (bicyclic) bond motifs is 10. The summed E-state index contributed by atoms with van der Waals surface area (Å²) in [6.45, 7) is 0. The Morgan fingerprint density at radius 2 is 0.804 bits per heavy atom. The van der Waals surface area contributed by atoms with Crippen molar-refractivity contribution >= 4 is 65.6 Å². The van der Waals surface area contributed by atoms with E-state index < -0.39 is 0 Å². The van der Waals surface area contributed by atoms with Gasteiger partial charge in [-0.3, -0.25) is 0 Å². The minimum atomic E-state index is 0.896. The smallest absolute Gasteiger partial charge is 0.137 e. The number of aromatic nitrogens is 2. The fraction of sp³-hybridized carbons (Fsp3) is 0. The van der Waals surface area contributed by atoms with Gasteiger partial charge in [-0.1, -0.05) is 115 Å². The summed E-state index contributed by atoms with van der Waals surface area (Å²) in [5.74, 6) is 0. The Bertz CT molecular complexity index is 3120. The molecule has 51 heavy (non-hydrogen) atoms. The van der Waals surface area contributed by atoms with Crippen molar-refractivity contribution in [1.29, 1.82) is 0 Å². The molecule has 0 radical (unpaired) electrons. The van der Waals surface area contributed by atoms with Crippen molar-refractivity contribution in [2.24, 2.45) is 0 Å². The molecule has 0 amide bonds. The third-order valence-electron chi connectivity index (χ3n) is 10.5. The summed E-state index contributed by atoms with van der Waals surface area (Å²) in [6.07, 6.45) is 0. The number of benzene rings is 8. The molecule has 3 nitrogen and oxygen atoms in total. The molecule has 0 saturated heterocycles. The van der Waals surface area contributed by atoms with Gasteiger partial charge in [0.2, 0.25) is 0 Å². The molecule has 0 aliphatic rings. The molecule has 0 saturated carbocycles. The molecule has 0 spiro atoms. The SMILES string of the molecule is c1ccc(-c2cccc(-c3ccc(-n4c5ccccc5c5c6c7ccccc7n(-c7ccc8c(c7)oc7ccccc78)c6ccc54)cc3)c2)cc1. The van der Waals surface area contributed by atoms with Gasteiger partial charge < -0.3 is 13.6 Å². The third-order valence-corrected chi connectivity index (χ3v) is 10.5. The lowest BCUT2D eigenvalue weighted by atomic mass is 9.99. The molecule has 0 fully saturated rings. The Hall–Kier alpha value is -6.84. The van der Waals surface area contributed by atoms with Crippen LogP contribution in [-0.4, -0.2) is 9.13 Å². The largest absolute Gasteiger partial charge is 0.456 e. The van der Waals surface area contributed by atoms with E-state index in [1.54, 1.807) is 0 Å². The van der Waals surface area contributed by atoms with Gasteiger partial charge in [-0.2, -0.15) is 0 Å². The molecule has 3 heterocycles. The molecular formula is C48H30N2O. The highest BCUT2D eigenvalue weighted by Crippen LogP contribution is 2.43. The van der Waals surface area contributed by atoms with Crippen molar-refractivity contribution in [3.05, 3.63) is 182 Å². The molecule has 0 atom stereocenters. The number of hydrogen-bond donors (Lipinski definition) is 0. The van der Waals surface area contributed by atoms with Crippen LogP contribution in [0.2, 0.25) is 0 Å². The lowest BCUT2D eigenvalue weighted by Crippen LogP contribution is -1.95. The first kappa shape index (κ1) is 28.0. The number of hydrogen-bond acceptors (Lipinski definition) is 1. The first-order chi connectivity index (χ1) is 25.3. The summed E-state index contributed by atoms with van der Waals surface area (Å²) in [5.41, 5.74) is 13.6. The van der Waals surface area contributed by atoms with Crippen LogP contribution in [0, 0.1) is 0 Å². The molecule has 0 N–H and O–H groups in total. The molecule has 0 aliphatic carbocycles. The normalized spacial score (nSPS) is 11.9. The fourth-order valence-corrected chi connectivity index (χ4v) is 8.24. The van der Waals surface area contributed by atoms with Crippen LogP contribution in [0.4, 0.5) is 0 Å². The van der Waals surface area contributed by atoms with E-state index in [-0.39, 0.29) is 0 Å². The van der Waals surface area contributed by atoms with Crippen molar-refractivity contribution in [3.63, 3.8) is 0 Å². The number of nitrogens with zero attached hydrogens (tertiary/aromatic N) is 2. The Labute approximate surface area is 293 Å². The standard InChI is InChI=1S/C48H30N2O/c1-2-11-31(12-3-1)33-13-10-14-34(29-33)32-21-23-35(24-22-32)49-41-18-7-4-16-39(41)47-43(49)27-28-44-48(47)40-17-5-8-19-42(40)50(44)36-25-26-38-37-15-6-9-20-45(37)51-46(38)30-36/h1-30H. The molecule has 11 rings (SSSR count). The van der Waals surface area contributed by atoms with E-state index in [2.05, 4.69) is 179 Å². The fourth-order valence-electron chi connectivity index (χ4n) is 8.24. The van der Waals surface area contributed by atoms with E-state index >= 15 is 0 Å². The Morgan fingerprint density at radius 3 is 1.49 bits per heavy atom. The molecular weight excluding hydrogens is 621 g/mol. The molecule has 11 aromatic rings. The van der Waals surface area contributed by atoms with Crippen molar-refractivity contribution in [1.82, 2.24) is 9.13 Å². The predicted octanol–water partition coefficient (Wildman–Crippen LogP) is 13.1. The van der Waals surface area contributed by atoms with E-state index in [1.165, 1.54) is 65.9 Å². The van der Waals surface area contributed by atoms with Gasteiger partial charge >= 0.3 is 0 Å². The maximum Gasteiger partial charge on any atom is 0.137 e. The van der Waals surface area contributed by atoms with Crippen LogP contribution in [0.25, 0.3) is 99.2 Å². The van der Waals surface area contributed by atoms with Crippen LogP contribution < -0.4 is 0 Å². The van der Waals surface area contributed by atoms with E-state index in [0.29, 0.717) is 0 Å². The lowest BCUT2D eigenvalue weighted by molar-refractivity contribution is 0.668. The van der Waals surface area contributed by atoms with Gasteiger partial charge in [0, 0.05) is 49.8 Å². The maximum absolute atomic E-state index is 6.34. The Morgan fingerprint density at radius 1 is 0.294 bits per heavy atom. The van der Waals surface area contributed by atoms with Crippen molar-refractivity contribution < 1.29 is 4.42 Å². The second-order valence-corrected chi connectivity index (χ2v) is 13.3. The summed E-state index contributed by atoms with van der Waals surface area (Å²) in [6, 6.07) is 65.4. The van der Waals surface area contributed by atoms with Crippen LogP contribution in [0.3, 0.4) is 0 Å². The molecule has 3 heteroatoms. The zero-order valence-electron chi connectivity index (χ0n) is 27.6. The first-order valence-electron chi connectivity index (χ1n) is 17.4. The second-order valence-electron chi connectivity index (χ2n) is 13.3. The summed E-state index contributed by atoms with van der Waals surface area (Å²) < 4.78 is 11.1. The van der Waals surface area contributed by atoms with Crippen LogP contribution in [-0.2, 0) is 0 Å². The zero-order valence-corrected chi connectivity index (χ0v) is 27.6. The average molecular weight is 651 g/mol. The van der Waals surface area contributed by atoms with Crippen molar-refractivity contribution in [2.45, 2.75) is 0 Å². The van der Waals surface area contributed by atoms with E-state index in [1.807, 2.05) is 12.1 Å². The molecule has 0 aliphatic heterocycles. The highest BCUT2D eigenvalue weighted by atomic mass is 16.3. The van der Waals surface area contributed by atoms with Crippen molar-refractivity contribution in [3.8, 4) is 33.6 Å². The van der Waals surface area contributed by atoms with E-state index in [0.717, 1.165) is 33.3 Å². The monoisotopic (exact) mass is 650 g/mol. The Kier molecular flexibility index (Phi) is 5.96. The van der Waals surface area contributed by atoms with E-state index in [9.17, 15) is 0 Å². The number of para-hydroxylation sites is 3. The minimum Gasteiger partial charge on any atom is -0.456 e. The molecule has 8 aromatic carbocycles. The topological polar surface area (TPSA) is 23.0 Å². The van der Waals surface area contributed by atoms with Crippen LogP contribution in [0.15, 0.2) is 186 Å². The van der Waals surface area contributed by atoms with Gasteiger partial charge in [0.25, 0.3) is 0 Å². The molecule has 3 aromatic heterocycles. The highest BCUT2D eigenvalue weighted by molar-refractivity contribution is 6.29. The van der Waals surface area contributed by atoms with Crippen LogP contribution >= 0.6 is 0 Å². The molecule has 238 valence electrons. The summed E-state index contributed by atoms with van der Waals surface area (Å²) in [7, 11) is 0.